The number of fused-ring (bicyclic) bond motifs is 1. The summed E-state index contributed by atoms with van der Waals surface area (Å²) in [5, 5.41) is 4.87. The average molecular weight is 266 g/mol. The molecule has 1 aromatic heterocycles. The number of halogens is 2. The highest BCUT2D eigenvalue weighted by Crippen LogP contribution is 2.23. The van der Waals surface area contributed by atoms with Crippen molar-refractivity contribution in [3.8, 4) is 0 Å². The normalized spacial score (nSPS) is 18.2. The molecule has 0 saturated carbocycles. The Hall–Kier alpha value is -1.49. The van der Waals surface area contributed by atoms with Crippen LogP contribution in [0.2, 0.25) is 0 Å². The number of likely N-dealkylation sites (tertiary alicyclic amines) is 1. The molecule has 0 unspecified atom stereocenters. The van der Waals surface area contributed by atoms with Crippen molar-refractivity contribution in [3.05, 3.63) is 29.7 Å². The third kappa shape index (κ3) is 2.61. The van der Waals surface area contributed by atoms with Crippen LogP contribution >= 0.6 is 0 Å². The van der Waals surface area contributed by atoms with Crippen LogP contribution in [0.4, 0.5) is 8.78 Å². The largest absolute Gasteiger partial charge is 0.356 e. The number of piperidine rings is 1. The van der Waals surface area contributed by atoms with E-state index in [0.29, 0.717) is 12.1 Å². The first-order valence-electron chi connectivity index (χ1n) is 6.58. The summed E-state index contributed by atoms with van der Waals surface area (Å²) >= 11 is 0. The van der Waals surface area contributed by atoms with E-state index in [-0.39, 0.29) is 18.4 Å². The van der Waals surface area contributed by atoms with Crippen molar-refractivity contribution in [2.24, 2.45) is 5.92 Å². The molecule has 0 atom stereocenters. The maximum atomic E-state index is 13.1. The van der Waals surface area contributed by atoms with E-state index >= 15 is 0 Å². The number of hydrogen-bond acceptors (Lipinski definition) is 3. The number of alkyl halides is 1. The summed E-state index contributed by atoms with van der Waals surface area (Å²) < 4.78 is 30.7. The molecule has 19 heavy (non-hydrogen) atoms. The molecule has 0 bridgehead atoms. The highest BCUT2D eigenvalue weighted by molar-refractivity contribution is 5.79. The monoisotopic (exact) mass is 266 g/mol. The van der Waals surface area contributed by atoms with Crippen molar-refractivity contribution < 1.29 is 13.3 Å². The summed E-state index contributed by atoms with van der Waals surface area (Å²) in [6, 6.07) is 4.46. The van der Waals surface area contributed by atoms with E-state index in [1.807, 2.05) is 0 Å². The van der Waals surface area contributed by atoms with Crippen LogP contribution in [0.25, 0.3) is 11.0 Å². The fraction of sp³-hybridized carbons (Fsp3) is 0.500. The van der Waals surface area contributed by atoms with Crippen molar-refractivity contribution >= 4 is 11.0 Å². The molecule has 3 rings (SSSR count). The Kier molecular flexibility index (Phi) is 3.46. The number of nitrogens with zero attached hydrogens (tertiary/aromatic N) is 2. The lowest BCUT2D eigenvalue weighted by Crippen LogP contribution is -2.33. The van der Waals surface area contributed by atoms with Gasteiger partial charge in [-0.05, 0) is 44.0 Å². The van der Waals surface area contributed by atoms with Crippen LogP contribution in [-0.2, 0) is 6.54 Å². The first kappa shape index (κ1) is 12.5. The van der Waals surface area contributed by atoms with Crippen LogP contribution in [-0.4, -0.2) is 29.8 Å². The van der Waals surface area contributed by atoms with Crippen LogP contribution in [0.1, 0.15) is 18.5 Å². The summed E-state index contributed by atoms with van der Waals surface area (Å²) in [5.41, 5.74) is 1.31. The van der Waals surface area contributed by atoms with Gasteiger partial charge in [0, 0.05) is 18.0 Å². The fourth-order valence-corrected chi connectivity index (χ4v) is 2.59. The van der Waals surface area contributed by atoms with Gasteiger partial charge in [0.1, 0.15) is 11.5 Å². The Balaban J connectivity index is 1.72. The van der Waals surface area contributed by atoms with Gasteiger partial charge in [-0.1, -0.05) is 5.16 Å². The Bertz CT molecular complexity index is 562. The Morgan fingerprint density at radius 1 is 1.32 bits per heavy atom. The molecule has 102 valence electrons. The van der Waals surface area contributed by atoms with Crippen LogP contribution < -0.4 is 0 Å². The molecule has 0 amide bonds. The molecular weight excluding hydrogens is 250 g/mol. The minimum absolute atomic E-state index is 0.208. The number of aromatic nitrogens is 1. The standard InChI is InChI=1S/C14H16F2N2O/c15-8-10-3-5-18(6-4-10)9-13-12-2-1-11(16)7-14(12)19-17-13/h1-2,7,10H,3-6,8-9H2. The van der Waals surface area contributed by atoms with Gasteiger partial charge in [0.15, 0.2) is 5.58 Å². The first-order valence-corrected chi connectivity index (χ1v) is 6.58. The average Bonchev–Trinajstić information content (AvgIpc) is 2.82. The topological polar surface area (TPSA) is 29.3 Å². The van der Waals surface area contributed by atoms with Gasteiger partial charge in [-0.2, -0.15) is 0 Å². The molecule has 0 spiro atoms. The Morgan fingerprint density at radius 2 is 2.11 bits per heavy atom. The second-order valence-corrected chi connectivity index (χ2v) is 5.14. The number of rotatable bonds is 3. The molecule has 5 heteroatoms. The molecule has 0 N–H and O–H groups in total. The van der Waals surface area contributed by atoms with Gasteiger partial charge >= 0.3 is 0 Å². The van der Waals surface area contributed by atoms with E-state index in [9.17, 15) is 8.78 Å². The molecule has 2 aromatic rings. The molecule has 3 nitrogen and oxygen atoms in total. The minimum atomic E-state index is -0.320. The van der Waals surface area contributed by atoms with Crippen molar-refractivity contribution in [3.63, 3.8) is 0 Å². The van der Waals surface area contributed by atoms with E-state index in [1.54, 1.807) is 6.07 Å². The van der Waals surface area contributed by atoms with Crippen LogP contribution in [0.3, 0.4) is 0 Å². The zero-order valence-electron chi connectivity index (χ0n) is 10.6. The summed E-state index contributed by atoms with van der Waals surface area (Å²) in [4.78, 5) is 2.24. The molecule has 1 aliphatic rings. The van der Waals surface area contributed by atoms with Crippen molar-refractivity contribution in [2.45, 2.75) is 19.4 Å². The van der Waals surface area contributed by atoms with Gasteiger partial charge in [-0.3, -0.25) is 9.29 Å². The molecule has 2 heterocycles. The molecular formula is C14H16F2N2O. The zero-order chi connectivity index (χ0) is 13.2. The Labute approximate surface area is 110 Å². The van der Waals surface area contributed by atoms with Crippen molar-refractivity contribution in [2.75, 3.05) is 19.8 Å². The van der Waals surface area contributed by atoms with Gasteiger partial charge in [0.05, 0.1) is 6.67 Å². The third-order valence-corrected chi connectivity index (χ3v) is 3.81. The second kappa shape index (κ2) is 5.25. The van der Waals surface area contributed by atoms with Gasteiger partial charge in [-0.15, -0.1) is 0 Å². The molecule has 1 aromatic carbocycles. The number of benzene rings is 1. The van der Waals surface area contributed by atoms with Crippen LogP contribution in [0.15, 0.2) is 22.7 Å². The summed E-state index contributed by atoms with van der Waals surface area (Å²) in [6.07, 6.45) is 1.78. The molecule has 1 saturated heterocycles. The second-order valence-electron chi connectivity index (χ2n) is 5.14. The summed E-state index contributed by atoms with van der Waals surface area (Å²) in [5.74, 6) is -0.113. The van der Waals surface area contributed by atoms with E-state index in [4.69, 9.17) is 4.52 Å². The van der Waals surface area contributed by atoms with Crippen LogP contribution in [0, 0.1) is 11.7 Å². The molecule has 0 aliphatic carbocycles. The fourth-order valence-electron chi connectivity index (χ4n) is 2.59. The van der Waals surface area contributed by atoms with Crippen LogP contribution in [0.5, 0.6) is 0 Å². The highest BCUT2D eigenvalue weighted by atomic mass is 19.1. The van der Waals surface area contributed by atoms with Crippen molar-refractivity contribution in [1.29, 1.82) is 0 Å². The Morgan fingerprint density at radius 3 is 2.84 bits per heavy atom. The lowest BCUT2D eigenvalue weighted by atomic mass is 9.98. The van der Waals surface area contributed by atoms with Gasteiger partial charge in [0.2, 0.25) is 0 Å². The first-order chi connectivity index (χ1) is 9.26. The minimum Gasteiger partial charge on any atom is -0.356 e. The molecule has 1 aliphatic heterocycles. The predicted octanol–water partition coefficient (Wildman–Crippen LogP) is 3.15. The lowest BCUT2D eigenvalue weighted by Gasteiger charge is -2.29. The number of hydrogen-bond donors (Lipinski definition) is 0. The molecule has 1 fully saturated rings. The molecule has 0 radical (unpaired) electrons. The van der Waals surface area contributed by atoms with Crippen molar-refractivity contribution in [1.82, 2.24) is 10.1 Å². The SMILES string of the molecule is FCC1CCN(Cc2noc3cc(F)ccc23)CC1. The van der Waals surface area contributed by atoms with Gasteiger partial charge in [0.25, 0.3) is 0 Å². The van der Waals surface area contributed by atoms with E-state index in [1.165, 1.54) is 12.1 Å². The maximum absolute atomic E-state index is 13.1. The lowest BCUT2D eigenvalue weighted by molar-refractivity contribution is 0.157. The predicted molar refractivity (Wildman–Crippen MR) is 67.9 cm³/mol. The van der Waals surface area contributed by atoms with Gasteiger partial charge < -0.3 is 4.52 Å². The van der Waals surface area contributed by atoms with E-state index in [0.717, 1.165) is 37.0 Å². The van der Waals surface area contributed by atoms with E-state index in [2.05, 4.69) is 10.1 Å². The zero-order valence-corrected chi connectivity index (χ0v) is 10.6. The maximum Gasteiger partial charge on any atom is 0.170 e. The van der Waals surface area contributed by atoms with Gasteiger partial charge in [-0.25, -0.2) is 4.39 Å². The highest BCUT2D eigenvalue weighted by Gasteiger charge is 2.20. The smallest absolute Gasteiger partial charge is 0.170 e. The van der Waals surface area contributed by atoms with E-state index < -0.39 is 0 Å². The summed E-state index contributed by atoms with van der Waals surface area (Å²) in [7, 11) is 0. The summed E-state index contributed by atoms with van der Waals surface area (Å²) in [6.45, 7) is 2.21. The third-order valence-electron chi connectivity index (χ3n) is 3.81. The quantitative estimate of drug-likeness (QED) is 0.854.